The lowest BCUT2D eigenvalue weighted by Crippen LogP contribution is -2.30. The number of hydrogen-bond donors (Lipinski definition) is 2. The van der Waals surface area contributed by atoms with Crippen LogP contribution in [-0.2, 0) is 14.8 Å². The Hall–Kier alpha value is -2.73. The van der Waals surface area contributed by atoms with Crippen LogP contribution >= 0.6 is 11.6 Å². The van der Waals surface area contributed by atoms with E-state index in [-0.39, 0.29) is 45.6 Å². The van der Waals surface area contributed by atoms with Crippen LogP contribution in [0.4, 0.5) is 17.1 Å². The molecule has 0 aliphatic heterocycles. The molecule has 0 aromatic heterocycles. The molecular weight excluding hydrogens is 460 g/mol. The number of rotatable bonds is 11. The van der Waals surface area contributed by atoms with Gasteiger partial charge in [-0.15, -0.1) is 0 Å². The lowest BCUT2D eigenvalue weighted by atomic mass is 10.1. The Morgan fingerprint density at radius 2 is 1.84 bits per heavy atom. The fourth-order valence-electron chi connectivity index (χ4n) is 2.93. The van der Waals surface area contributed by atoms with Crippen molar-refractivity contribution in [3.63, 3.8) is 0 Å². The summed E-state index contributed by atoms with van der Waals surface area (Å²) < 4.78 is 31.7. The second-order valence-electron chi connectivity index (χ2n) is 6.59. The molecule has 12 heteroatoms. The minimum absolute atomic E-state index is 0.0158. The molecular formula is C20H25ClN4O6S. The number of carbonyl (C=O) groups is 1. The second kappa shape index (κ2) is 11.2. The van der Waals surface area contributed by atoms with Gasteiger partial charge in [0.15, 0.2) is 0 Å². The highest BCUT2D eigenvalue weighted by Gasteiger charge is 2.23. The van der Waals surface area contributed by atoms with E-state index in [2.05, 4.69) is 10.6 Å². The number of nitrogens with one attached hydrogen (secondary N) is 2. The Morgan fingerprint density at radius 3 is 2.44 bits per heavy atom. The summed E-state index contributed by atoms with van der Waals surface area (Å²) in [6, 6.07) is 7.97. The maximum absolute atomic E-state index is 12.8. The third kappa shape index (κ3) is 5.94. The Kier molecular flexibility index (Phi) is 8.96. The molecule has 10 nitrogen and oxygen atoms in total. The Morgan fingerprint density at radius 1 is 1.16 bits per heavy atom. The number of benzene rings is 2. The monoisotopic (exact) mass is 484 g/mol. The number of nitro benzene ring substituents is 1. The van der Waals surface area contributed by atoms with Gasteiger partial charge in [0.1, 0.15) is 5.69 Å². The molecule has 32 heavy (non-hydrogen) atoms. The van der Waals surface area contributed by atoms with E-state index in [0.717, 1.165) is 6.07 Å². The van der Waals surface area contributed by atoms with Crippen molar-refractivity contribution in [1.29, 1.82) is 0 Å². The number of nitro groups is 1. The first kappa shape index (κ1) is 25.5. The molecule has 0 aliphatic carbocycles. The van der Waals surface area contributed by atoms with Crippen LogP contribution in [0.3, 0.4) is 0 Å². The van der Waals surface area contributed by atoms with Crippen molar-refractivity contribution in [2.45, 2.75) is 18.7 Å². The van der Waals surface area contributed by atoms with Crippen molar-refractivity contribution in [3.8, 4) is 0 Å². The van der Waals surface area contributed by atoms with Crippen LogP contribution in [0.1, 0.15) is 24.2 Å². The molecule has 0 aliphatic rings. The van der Waals surface area contributed by atoms with Gasteiger partial charge in [0.25, 0.3) is 11.6 Å². The number of methoxy groups -OCH3 is 1. The van der Waals surface area contributed by atoms with Crippen LogP contribution < -0.4 is 10.6 Å². The highest BCUT2D eigenvalue weighted by atomic mass is 35.5. The molecule has 0 saturated carbocycles. The molecule has 0 unspecified atom stereocenters. The molecule has 1 amide bonds. The highest BCUT2D eigenvalue weighted by Crippen LogP contribution is 2.29. The number of anilines is 2. The van der Waals surface area contributed by atoms with Crippen molar-refractivity contribution < 1.29 is 22.9 Å². The van der Waals surface area contributed by atoms with Crippen molar-refractivity contribution in [1.82, 2.24) is 4.31 Å². The Bertz CT molecular complexity index is 1090. The molecule has 0 radical (unpaired) electrons. The summed E-state index contributed by atoms with van der Waals surface area (Å²) in [5.74, 6) is -0.671. The largest absolute Gasteiger partial charge is 0.383 e. The maximum atomic E-state index is 12.8. The van der Waals surface area contributed by atoms with Gasteiger partial charge < -0.3 is 15.4 Å². The maximum Gasteiger partial charge on any atom is 0.293 e. The van der Waals surface area contributed by atoms with Gasteiger partial charge in [-0.1, -0.05) is 25.4 Å². The van der Waals surface area contributed by atoms with Crippen LogP contribution in [0.2, 0.25) is 5.02 Å². The second-order valence-corrected chi connectivity index (χ2v) is 8.94. The van der Waals surface area contributed by atoms with E-state index in [1.165, 1.54) is 41.7 Å². The summed E-state index contributed by atoms with van der Waals surface area (Å²) >= 11 is 6.15. The summed E-state index contributed by atoms with van der Waals surface area (Å²) in [6.45, 7) is 4.73. The van der Waals surface area contributed by atoms with Crippen molar-refractivity contribution in [3.05, 3.63) is 57.1 Å². The lowest BCUT2D eigenvalue weighted by Gasteiger charge is -2.19. The average Bonchev–Trinajstić information content (AvgIpc) is 2.76. The number of sulfonamides is 1. The zero-order chi connectivity index (χ0) is 23.9. The molecule has 0 atom stereocenters. The minimum atomic E-state index is -3.76. The normalized spacial score (nSPS) is 11.4. The predicted molar refractivity (Wildman–Crippen MR) is 123 cm³/mol. The molecule has 0 saturated heterocycles. The molecule has 2 aromatic carbocycles. The molecule has 2 rings (SSSR count). The summed E-state index contributed by atoms with van der Waals surface area (Å²) in [7, 11) is -2.25. The van der Waals surface area contributed by atoms with Crippen molar-refractivity contribution in [2.75, 3.05) is 44.0 Å². The first-order chi connectivity index (χ1) is 15.1. The molecule has 0 spiro atoms. The number of amides is 1. The zero-order valence-corrected chi connectivity index (χ0v) is 19.5. The number of carbonyl (C=O) groups excluding carboxylic acids is 1. The number of nitrogens with zero attached hydrogens (tertiary/aromatic N) is 2. The third-order valence-corrected chi connectivity index (χ3v) is 6.98. The van der Waals surface area contributed by atoms with Gasteiger partial charge in [-0.25, -0.2) is 8.42 Å². The Labute approximate surface area is 191 Å². The van der Waals surface area contributed by atoms with E-state index >= 15 is 0 Å². The first-order valence-electron chi connectivity index (χ1n) is 9.78. The van der Waals surface area contributed by atoms with Gasteiger partial charge >= 0.3 is 0 Å². The van der Waals surface area contributed by atoms with Crippen LogP contribution in [0.15, 0.2) is 41.3 Å². The third-order valence-electron chi connectivity index (χ3n) is 4.61. The predicted octanol–water partition coefficient (Wildman–Crippen LogP) is 3.59. The van der Waals surface area contributed by atoms with Gasteiger partial charge in [-0.05, 0) is 30.3 Å². The van der Waals surface area contributed by atoms with Gasteiger partial charge in [0, 0.05) is 38.4 Å². The van der Waals surface area contributed by atoms with Gasteiger partial charge in [-0.2, -0.15) is 4.31 Å². The summed E-state index contributed by atoms with van der Waals surface area (Å²) in [5.41, 5.74) is 0.0589. The zero-order valence-electron chi connectivity index (χ0n) is 17.9. The average molecular weight is 485 g/mol. The van der Waals surface area contributed by atoms with Crippen LogP contribution in [0, 0.1) is 10.1 Å². The number of hydrogen-bond acceptors (Lipinski definition) is 7. The standard InChI is InChI=1S/C20H25ClN4O6S/c1-4-24(5-2)32(29,30)15-7-8-16(21)18(13-15)23-20(26)14-6-9-17(22-10-11-31-3)19(12-14)25(27)28/h6-9,12-13,22H,4-5,10-11H2,1-3H3,(H,23,26). The smallest absolute Gasteiger partial charge is 0.293 e. The van der Waals surface area contributed by atoms with E-state index in [9.17, 15) is 23.3 Å². The molecule has 174 valence electrons. The topological polar surface area (TPSA) is 131 Å². The van der Waals surface area contributed by atoms with Crippen LogP contribution in [0.5, 0.6) is 0 Å². The molecule has 2 N–H and O–H groups in total. The van der Waals surface area contributed by atoms with Crippen LogP contribution in [0.25, 0.3) is 0 Å². The van der Waals surface area contributed by atoms with Gasteiger partial charge in [0.05, 0.1) is 27.1 Å². The van der Waals surface area contributed by atoms with E-state index in [1.807, 2.05) is 0 Å². The SMILES string of the molecule is CCN(CC)S(=O)(=O)c1ccc(Cl)c(NC(=O)c2ccc(NCCOC)c([N+](=O)[O-])c2)c1. The molecule has 2 aromatic rings. The van der Waals surface area contributed by atoms with Crippen molar-refractivity contribution in [2.24, 2.45) is 0 Å². The summed E-state index contributed by atoms with van der Waals surface area (Å²) in [6.07, 6.45) is 0. The Balaban J connectivity index is 2.33. The van der Waals surface area contributed by atoms with Crippen molar-refractivity contribution >= 4 is 44.6 Å². The fraction of sp³-hybridized carbons (Fsp3) is 0.350. The van der Waals surface area contributed by atoms with E-state index in [1.54, 1.807) is 13.8 Å². The molecule has 0 bridgehead atoms. The molecule has 0 fully saturated rings. The number of ether oxygens (including phenoxy) is 1. The lowest BCUT2D eigenvalue weighted by molar-refractivity contribution is -0.384. The highest BCUT2D eigenvalue weighted by molar-refractivity contribution is 7.89. The van der Waals surface area contributed by atoms with E-state index in [4.69, 9.17) is 16.3 Å². The first-order valence-corrected chi connectivity index (χ1v) is 11.6. The van der Waals surface area contributed by atoms with Crippen LogP contribution in [-0.4, -0.2) is 56.9 Å². The fourth-order valence-corrected chi connectivity index (χ4v) is 4.58. The summed E-state index contributed by atoms with van der Waals surface area (Å²) in [4.78, 5) is 23.5. The summed E-state index contributed by atoms with van der Waals surface area (Å²) in [5, 5.41) is 17.0. The molecule has 0 heterocycles. The number of halogens is 1. The van der Waals surface area contributed by atoms with Gasteiger partial charge in [-0.3, -0.25) is 14.9 Å². The van der Waals surface area contributed by atoms with E-state index in [0.29, 0.717) is 13.2 Å². The minimum Gasteiger partial charge on any atom is -0.383 e. The van der Waals surface area contributed by atoms with E-state index < -0.39 is 20.9 Å². The van der Waals surface area contributed by atoms with Gasteiger partial charge in [0.2, 0.25) is 10.0 Å². The quantitative estimate of drug-likeness (QED) is 0.283.